The van der Waals surface area contributed by atoms with Crippen LogP contribution in [0.25, 0.3) is 0 Å². The van der Waals surface area contributed by atoms with E-state index in [1.165, 1.54) is 0 Å². The molecule has 0 bridgehead atoms. The maximum Gasteiger partial charge on any atom is 0.244 e. The third kappa shape index (κ3) is 2.21. The lowest BCUT2D eigenvalue weighted by Gasteiger charge is -2.16. The SMILES string of the molecule is CCc1nn(C2CCCCNC2=O)c(CC)c1N. The van der Waals surface area contributed by atoms with Crippen molar-refractivity contribution in [2.24, 2.45) is 0 Å². The summed E-state index contributed by atoms with van der Waals surface area (Å²) in [4.78, 5) is 12.1. The summed E-state index contributed by atoms with van der Waals surface area (Å²) in [6, 6.07) is -0.190. The fourth-order valence-corrected chi connectivity index (χ4v) is 2.56. The van der Waals surface area contributed by atoms with Gasteiger partial charge in [-0.3, -0.25) is 9.48 Å². The summed E-state index contributed by atoms with van der Waals surface area (Å²) in [5.74, 6) is 0.0763. The lowest BCUT2D eigenvalue weighted by atomic mass is 10.1. The highest BCUT2D eigenvalue weighted by Crippen LogP contribution is 2.26. The summed E-state index contributed by atoms with van der Waals surface area (Å²) < 4.78 is 1.86. The maximum atomic E-state index is 12.1. The van der Waals surface area contributed by atoms with Crippen LogP contribution in [0.2, 0.25) is 0 Å². The van der Waals surface area contributed by atoms with Gasteiger partial charge in [-0.05, 0) is 32.1 Å². The molecule has 0 spiro atoms. The molecule has 1 amide bonds. The number of nitrogens with one attached hydrogen (secondary N) is 1. The normalized spacial score (nSPS) is 20.6. The average Bonchev–Trinajstić information content (AvgIpc) is 2.54. The fourth-order valence-electron chi connectivity index (χ4n) is 2.56. The van der Waals surface area contributed by atoms with Crippen molar-refractivity contribution in [1.82, 2.24) is 15.1 Å². The number of nitrogens with zero attached hydrogens (tertiary/aromatic N) is 2. The van der Waals surface area contributed by atoms with Crippen molar-refractivity contribution in [2.75, 3.05) is 12.3 Å². The van der Waals surface area contributed by atoms with Gasteiger partial charge in [-0.2, -0.15) is 5.10 Å². The van der Waals surface area contributed by atoms with Gasteiger partial charge in [-0.1, -0.05) is 13.8 Å². The average molecular weight is 250 g/mol. The van der Waals surface area contributed by atoms with Gasteiger partial charge >= 0.3 is 0 Å². The minimum atomic E-state index is -0.190. The molecule has 5 nitrogen and oxygen atoms in total. The second kappa shape index (κ2) is 5.42. The van der Waals surface area contributed by atoms with Gasteiger partial charge in [0.1, 0.15) is 6.04 Å². The predicted octanol–water partition coefficient (Wildman–Crippen LogP) is 1.43. The van der Waals surface area contributed by atoms with Crippen molar-refractivity contribution in [3.05, 3.63) is 11.4 Å². The van der Waals surface area contributed by atoms with E-state index < -0.39 is 0 Å². The third-order valence-electron chi connectivity index (χ3n) is 3.60. The van der Waals surface area contributed by atoms with E-state index in [1.54, 1.807) is 0 Å². The van der Waals surface area contributed by atoms with Crippen LogP contribution in [0, 0.1) is 0 Å². The van der Waals surface area contributed by atoms with Crippen molar-refractivity contribution in [3.63, 3.8) is 0 Å². The summed E-state index contributed by atoms with van der Waals surface area (Å²) in [5, 5.41) is 7.50. The van der Waals surface area contributed by atoms with Gasteiger partial charge in [0, 0.05) is 6.54 Å². The molecule has 0 aliphatic carbocycles. The number of aryl methyl sites for hydroxylation is 1. The van der Waals surface area contributed by atoms with Gasteiger partial charge in [-0.15, -0.1) is 0 Å². The number of hydrogen-bond donors (Lipinski definition) is 2. The van der Waals surface area contributed by atoms with E-state index >= 15 is 0 Å². The standard InChI is InChI=1S/C13H22N4O/c1-3-9-12(14)10(4-2)17(16-9)11-7-5-6-8-15-13(11)18/h11H,3-8,14H2,1-2H3,(H,15,18). The number of nitrogen functional groups attached to an aromatic ring is 1. The molecule has 0 radical (unpaired) electrons. The molecule has 2 heterocycles. The molecule has 1 aromatic rings. The minimum Gasteiger partial charge on any atom is -0.396 e. The largest absolute Gasteiger partial charge is 0.396 e. The quantitative estimate of drug-likeness (QED) is 0.852. The van der Waals surface area contributed by atoms with Crippen LogP contribution in [-0.4, -0.2) is 22.2 Å². The lowest BCUT2D eigenvalue weighted by molar-refractivity contribution is -0.124. The van der Waals surface area contributed by atoms with Crippen LogP contribution in [0.3, 0.4) is 0 Å². The Morgan fingerprint density at radius 2 is 2.17 bits per heavy atom. The van der Waals surface area contributed by atoms with E-state index in [0.29, 0.717) is 0 Å². The Kier molecular flexibility index (Phi) is 3.89. The van der Waals surface area contributed by atoms with Gasteiger partial charge in [0.15, 0.2) is 0 Å². The molecule has 0 aromatic carbocycles. The zero-order valence-electron chi connectivity index (χ0n) is 11.2. The van der Waals surface area contributed by atoms with Crippen molar-refractivity contribution in [2.45, 2.75) is 52.0 Å². The number of carbonyl (C=O) groups is 1. The monoisotopic (exact) mass is 250 g/mol. The Labute approximate surface area is 108 Å². The molecule has 100 valence electrons. The van der Waals surface area contributed by atoms with Crippen LogP contribution in [0.15, 0.2) is 0 Å². The van der Waals surface area contributed by atoms with Gasteiger partial charge < -0.3 is 11.1 Å². The number of amides is 1. The molecule has 1 aliphatic heterocycles. The highest BCUT2D eigenvalue weighted by molar-refractivity contribution is 5.80. The Bertz CT molecular complexity index is 438. The summed E-state index contributed by atoms with van der Waals surface area (Å²) in [5.41, 5.74) is 8.76. The molecule has 2 rings (SSSR count). The summed E-state index contributed by atoms with van der Waals surface area (Å²) >= 11 is 0. The molecule has 1 aliphatic rings. The highest BCUT2D eigenvalue weighted by atomic mass is 16.2. The molecule has 18 heavy (non-hydrogen) atoms. The van der Waals surface area contributed by atoms with Crippen molar-refractivity contribution < 1.29 is 4.79 Å². The van der Waals surface area contributed by atoms with Crippen LogP contribution < -0.4 is 11.1 Å². The first-order valence-corrected chi connectivity index (χ1v) is 6.82. The van der Waals surface area contributed by atoms with E-state index in [9.17, 15) is 4.79 Å². The highest BCUT2D eigenvalue weighted by Gasteiger charge is 2.26. The van der Waals surface area contributed by atoms with E-state index in [1.807, 2.05) is 11.6 Å². The minimum absolute atomic E-state index is 0.0763. The Balaban J connectivity index is 2.39. The summed E-state index contributed by atoms with van der Waals surface area (Å²) in [6.45, 7) is 4.86. The number of aromatic nitrogens is 2. The molecule has 1 unspecified atom stereocenters. The Hall–Kier alpha value is -1.52. The molecule has 0 saturated carbocycles. The van der Waals surface area contributed by atoms with Crippen LogP contribution in [0.1, 0.15) is 50.5 Å². The van der Waals surface area contributed by atoms with Crippen molar-refractivity contribution in [1.29, 1.82) is 0 Å². The lowest BCUT2D eigenvalue weighted by Crippen LogP contribution is -2.32. The molecule has 1 saturated heterocycles. The molecule has 3 N–H and O–H groups in total. The number of carbonyl (C=O) groups excluding carboxylic acids is 1. The van der Waals surface area contributed by atoms with E-state index in [0.717, 1.165) is 55.7 Å². The van der Waals surface area contributed by atoms with Gasteiger partial charge in [0.05, 0.1) is 17.1 Å². The van der Waals surface area contributed by atoms with Crippen molar-refractivity contribution in [3.8, 4) is 0 Å². The van der Waals surface area contributed by atoms with Crippen LogP contribution >= 0.6 is 0 Å². The molecule has 1 fully saturated rings. The first kappa shape index (κ1) is 12.9. The first-order valence-electron chi connectivity index (χ1n) is 6.82. The topological polar surface area (TPSA) is 72.9 Å². The molecule has 1 aromatic heterocycles. The zero-order valence-corrected chi connectivity index (χ0v) is 11.2. The van der Waals surface area contributed by atoms with Crippen LogP contribution in [0.4, 0.5) is 5.69 Å². The van der Waals surface area contributed by atoms with Crippen molar-refractivity contribution >= 4 is 11.6 Å². The first-order chi connectivity index (χ1) is 8.69. The molecular weight excluding hydrogens is 228 g/mol. The van der Waals surface area contributed by atoms with E-state index in [4.69, 9.17) is 5.73 Å². The maximum absolute atomic E-state index is 12.1. The number of nitrogens with two attached hydrogens (primary N) is 1. The number of rotatable bonds is 3. The summed E-state index contributed by atoms with van der Waals surface area (Å²) in [7, 11) is 0. The van der Waals surface area contributed by atoms with Crippen LogP contribution in [-0.2, 0) is 17.6 Å². The summed E-state index contributed by atoms with van der Waals surface area (Å²) in [6.07, 6.45) is 4.56. The van der Waals surface area contributed by atoms with Crippen LogP contribution in [0.5, 0.6) is 0 Å². The van der Waals surface area contributed by atoms with E-state index in [2.05, 4.69) is 17.3 Å². The molecule has 5 heteroatoms. The second-order valence-electron chi connectivity index (χ2n) is 4.76. The third-order valence-corrected chi connectivity index (χ3v) is 3.60. The Morgan fingerprint density at radius 1 is 1.39 bits per heavy atom. The molecular formula is C13H22N4O. The number of anilines is 1. The van der Waals surface area contributed by atoms with E-state index in [-0.39, 0.29) is 11.9 Å². The zero-order chi connectivity index (χ0) is 13.1. The van der Waals surface area contributed by atoms with Gasteiger partial charge in [-0.25, -0.2) is 0 Å². The fraction of sp³-hybridized carbons (Fsp3) is 0.692. The van der Waals surface area contributed by atoms with Gasteiger partial charge in [0.25, 0.3) is 0 Å². The Morgan fingerprint density at radius 3 is 2.83 bits per heavy atom. The predicted molar refractivity (Wildman–Crippen MR) is 71.3 cm³/mol. The smallest absolute Gasteiger partial charge is 0.244 e. The van der Waals surface area contributed by atoms with Gasteiger partial charge in [0.2, 0.25) is 5.91 Å². The number of hydrogen-bond acceptors (Lipinski definition) is 3. The molecule has 1 atom stereocenters. The second-order valence-corrected chi connectivity index (χ2v) is 4.76.